The van der Waals surface area contributed by atoms with Crippen molar-refractivity contribution in [3.8, 4) is 0 Å². The number of ether oxygens (including phenoxy) is 1. The van der Waals surface area contributed by atoms with Crippen molar-refractivity contribution in [2.24, 2.45) is 17.6 Å². The lowest BCUT2D eigenvalue weighted by Crippen LogP contribution is -2.48. The van der Waals surface area contributed by atoms with Crippen LogP contribution in [0.1, 0.15) is 44.9 Å². The Morgan fingerprint density at radius 1 is 1.21 bits per heavy atom. The molecule has 2 aliphatic rings. The van der Waals surface area contributed by atoms with Gasteiger partial charge in [-0.3, -0.25) is 4.79 Å². The number of nitrogens with two attached hydrogens (primary N) is 1. The fraction of sp³-hybridized carbons (Fsp3) is 0.933. The van der Waals surface area contributed by atoms with Gasteiger partial charge in [-0.2, -0.15) is 0 Å². The van der Waals surface area contributed by atoms with Crippen LogP contribution in [0.15, 0.2) is 0 Å². The summed E-state index contributed by atoms with van der Waals surface area (Å²) in [7, 11) is 1.74. The highest BCUT2D eigenvalue weighted by atomic mass is 16.5. The van der Waals surface area contributed by atoms with Gasteiger partial charge in [0, 0.05) is 26.2 Å². The molecule has 2 fully saturated rings. The number of nitrogens with zero attached hydrogens (tertiary/aromatic N) is 1. The van der Waals surface area contributed by atoms with Crippen molar-refractivity contribution in [3.05, 3.63) is 0 Å². The number of hydrogen-bond acceptors (Lipinski definition) is 3. The molecule has 3 atom stereocenters. The predicted molar refractivity (Wildman–Crippen MR) is 75.7 cm³/mol. The highest BCUT2D eigenvalue weighted by Gasteiger charge is 2.32. The second-order valence-corrected chi connectivity index (χ2v) is 6.16. The fourth-order valence-corrected chi connectivity index (χ4v) is 3.51. The Labute approximate surface area is 116 Å². The van der Waals surface area contributed by atoms with Crippen LogP contribution < -0.4 is 5.73 Å². The average Bonchev–Trinajstić information content (AvgIpc) is 2.63. The van der Waals surface area contributed by atoms with Crippen LogP contribution in [-0.2, 0) is 9.53 Å². The molecule has 2 rings (SSSR count). The minimum absolute atomic E-state index is 0.0591. The molecule has 1 aliphatic heterocycles. The number of amides is 1. The molecule has 1 saturated carbocycles. The largest absolute Gasteiger partial charge is 0.384 e. The van der Waals surface area contributed by atoms with Gasteiger partial charge in [0.2, 0.25) is 5.91 Å². The predicted octanol–water partition coefficient (Wildman–Crippen LogP) is 1.78. The molecule has 0 bridgehead atoms. The minimum Gasteiger partial charge on any atom is -0.384 e. The van der Waals surface area contributed by atoms with E-state index in [9.17, 15) is 4.79 Å². The molecule has 2 N–H and O–H groups in total. The summed E-state index contributed by atoms with van der Waals surface area (Å²) in [6, 6.07) is 0.0674. The first-order valence-corrected chi connectivity index (χ1v) is 7.75. The Bertz CT molecular complexity index is 294. The first-order valence-electron chi connectivity index (χ1n) is 7.75. The number of carbonyl (C=O) groups excluding carboxylic acids is 1. The first-order chi connectivity index (χ1) is 9.22. The monoisotopic (exact) mass is 268 g/mol. The van der Waals surface area contributed by atoms with Crippen molar-refractivity contribution >= 4 is 5.91 Å². The zero-order valence-corrected chi connectivity index (χ0v) is 12.1. The average molecular weight is 268 g/mol. The van der Waals surface area contributed by atoms with Crippen molar-refractivity contribution in [1.82, 2.24) is 4.90 Å². The quantitative estimate of drug-likeness (QED) is 0.794. The molecule has 0 spiro atoms. The Balaban J connectivity index is 1.93. The Morgan fingerprint density at radius 2 is 2.00 bits per heavy atom. The summed E-state index contributed by atoms with van der Waals surface area (Å²) in [5.74, 6) is 0.865. The van der Waals surface area contributed by atoms with Crippen LogP contribution in [0.4, 0.5) is 0 Å². The van der Waals surface area contributed by atoms with E-state index in [1.54, 1.807) is 7.11 Å². The molecule has 1 amide bonds. The Hall–Kier alpha value is -0.610. The molecule has 19 heavy (non-hydrogen) atoms. The minimum atomic E-state index is 0.0591. The van der Waals surface area contributed by atoms with Crippen molar-refractivity contribution in [3.63, 3.8) is 0 Å². The number of hydrogen-bond donors (Lipinski definition) is 1. The highest BCUT2D eigenvalue weighted by Crippen LogP contribution is 2.26. The molecule has 110 valence electrons. The van der Waals surface area contributed by atoms with Crippen LogP contribution in [0.5, 0.6) is 0 Å². The summed E-state index contributed by atoms with van der Waals surface area (Å²) in [5.41, 5.74) is 6.21. The molecule has 1 aliphatic carbocycles. The molecule has 0 aromatic rings. The number of methoxy groups -OCH3 is 1. The number of likely N-dealkylation sites (tertiary alicyclic amines) is 1. The van der Waals surface area contributed by atoms with Crippen LogP contribution in [0.2, 0.25) is 0 Å². The van der Waals surface area contributed by atoms with E-state index in [1.165, 1.54) is 19.3 Å². The second-order valence-electron chi connectivity index (χ2n) is 6.16. The highest BCUT2D eigenvalue weighted by molar-refractivity contribution is 5.79. The number of carbonyl (C=O) groups is 1. The SMILES string of the molecule is COCC1CCCN(C(=O)C2CCCCCC2N)C1. The normalized spacial score (nSPS) is 32.9. The van der Waals surface area contributed by atoms with Gasteiger partial charge in [-0.25, -0.2) is 0 Å². The van der Waals surface area contributed by atoms with E-state index in [1.807, 2.05) is 4.90 Å². The molecule has 1 heterocycles. The van der Waals surface area contributed by atoms with Gasteiger partial charge >= 0.3 is 0 Å². The van der Waals surface area contributed by atoms with E-state index in [-0.39, 0.29) is 12.0 Å². The maximum Gasteiger partial charge on any atom is 0.227 e. The van der Waals surface area contributed by atoms with E-state index in [4.69, 9.17) is 10.5 Å². The lowest BCUT2D eigenvalue weighted by atomic mass is 9.91. The third-order valence-corrected chi connectivity index (χ3v) is 4.62. The molecule has 0 radical (unpaired) electrons. The lowest BCUT2D eigenvalue weighted by molar-refractivity contribution is -0.138. The molecule has 0 aromatic heterocycles. The molecular formula is C15H28N2O2. The van der Waals surface area contributed by atoms with Crippen molar-refractivity contribution in [1.29, 1.82) is 0 Å². The van der Waals surface area contributed by atoms with Gasteiger partial charge in [-0.15, -0.1) is 0 Å². The number of rotatable bonds is 3. The Morgan fingerprint density at radius 3 is 2.79 bits per heavy atom. The van der Waals surface area contributed by atoms with Gasteiger partial charge in [-0.1, -0.05) is 19.3 Å². The molecular weight excluding hydrogens is 240 g/mol. The van der Waals surface area contributed by atoms with Crippen LogP contribution in [0, 0.1) is 11.8 Å². The summed E-state index contributed by atoms with van der Waals surface area (Å²) >= 11 is 0. The maximum absolute atomic E-state index is 12.7. The fourth-order valence-electron chi connectivity index (χ4n) is 3.51. The topological polar surface area (TPSA) is 55.6 Å². The standard InChI is InChI=1S/C15H28N2O2/c1-19-11-12-6-5-9-17(10-12)15(18)13-7-3-2-4-8-14(13)16/h12-14H,2-11,16H2,1H3. The first kappa shape index (κ1) is 14.8. The van der Waals surface area contributed by atoms with Crippen LogP contribution >= 0.6 is 0 Å². The van der Waals surface area contributed by atoms with Gasteiger partial charge < -0.3 is 15.4 Å². The molecule has 4 heteroatoms. The maximum atomic E-state index is 12.7. The third-order valence-electron chi connectivity index (χ3n) is 4.62. The summed E-state index contributed by atoms with van der Waals surface area (Å²) in [4.78, 5) is 14.7. The summed E-state index contributed by atoms with van der Waals surface area (Å²) < 4.78 is 5.23. The van der Waals surface area contributed by atoms with Gasteiger partial charge in [0.05, 0.1) is 12.5 Å². The summed E-state index contributed by atoms with van der Waals surface area (Å²) in [5, 5.41) is 0. The molecule has 3 unspecified atom stereocenters. The van der Waals surface area contributed by atoms with Gasteiger partial charge in [0.1, 0.15) is 0 Å². The van der Waals surface area contributed by atoms with Crippen LogP contribution in [0.25, 0.3) is 0 Å². The van der Waals surface area contributed by atoms with Crippen LogP contribution in [-0.4, -0.2) is 43.7 Å². The van der Waals surface area contributed by atoms with E-state index >= 15 is 0 Å². The van der Waals surface area contributed by atoms with E-state index in [0.717, 1.165) is 45.4 Å². The van der Waals surface area contributed by atoms with Gasteiger partial charge in [-0.05, 0) is 31.6 Å². The van der Waals surface area contributed by atoms with Gasteiger partial charge in [0.25, 0.3) is 0 Å². The molecule has 1 saturated heterocycles. The summed E-state index contributed by atoms with van der Waals surface area (Å²) in [6.07, 6.45) is 7.81. The van der Waals surface area contributed by atoms with E-state index < -0.39 is 0 Å². The van der Waals surface area contributed by atoms with Crippen molar-refractivity contribution < 1.29 is 9.53 Å². The lowest BCUT2D eigenvalue weighted by Gasteiger charge is -2.35. The zero-order chi connectivity index (χ0) is 13.7. The smallest absolute Gasteiger partial charge is 0.227 e. The third kappa shape index (κ3) is 3.93. The van der Waals surface area contributed by atoms with E-state index in [0.29, 0.717) is 11.8 Å². The summed E-state index contributed by atoms with van der Waals surface area (Å²) in [6.45, 7) is 2.53. The molecule has 0 aromatic carbocycles. The van der Waals surface area contributed by atoms with Crippen LogP contribution in [0.3, 0.4) is 0 Å². The van der Waals surface area contributed by atoms with E-state index in [2.05, 4.69) is 0 Å². The van der Waals surface area contributed by atoms with Crippen molar-refractivity contribution in [2.45, 2.75) is 51.0 Å². The van der Waals surface area contributed by atoms with Gasteiger partial charge in [0.15, 0.2) is 0 Å². The second kappa shape index (κ2) is 7.25. The Kier molecular flexibility index (Phi) is 5.64. The van der Waals surface area contributed by atoms with Crippen molar-refractivity contribution in [2.75, 3.05) is 26.8 Å². The number of piperidine rings is 1. The zero-order valence-electron chi connectivity index (χ0n) is 12.1. The molecule has 4 nitrogen and oxygen atoms in total.